The van der Waals surface area contributed by atoms with Gasteiger partial charge in [0.15, 0.2) is 0 Å². The normalized spacial score (nSPS) is 15.4. The van der Waals surface area contributed by atoms with Crippen molar-refractivity contribution in [2.75, 3.05) is 42.9 Å². The van der Waals surface area contributed by atoms with E-state index in [1.807, 2.05) is 31.7 Å². The Morgan fingerprint density at radius 1 is 1.16 bits per heavy atom. The first kappa shape index (κ1) is 23.3. The Bertz CT molecular complexity index is 943. The molecule has 1 saturated heterocycles. The fraction of sp³-hybridized carbons (Fsp3) is 0.476. The number of hydrogen-bond acceptors (Lipinski definition) is 5. The lowest BCUT2D eigenvalue weighted by atomic mass is 10.1. The smallest absolute Gasteiger partial charge is 0.354 e. The molecule has 1 aromatic carbocycles. The van der Waals surface area contributed by atoms with Crippen molar-refractivity contribution in [3.05, 3.63) is 46.4 Å². The number of aryl methyl sites for hydroxylation is 1. The van der Waals surface area contributed by atoms with Crippen LogP contribution in [0.2, 0.25) is 5.02 Å². The van der Waals surface area contributed by atoms with Crippen molar-refractivity contribution in [1.82, 2.24) is 14.9 Å². The molecule has 10 heteroatoms. The predicted molar refractivity (Wildman–Crippen MR) is 115 cm³/mol. The summed E-state index contributed by atoms with van der Waals surface area (Å²) in [6, 6.07) is 5.24. The molecule has 168 valence electrons. The third-order valence-corrected chi connectivity index (χ3v) is 5.23. The predicted octanol–water partition coefficient (Wildman–Crippen LogP) is 4.34. The van der Waals surface area contributed by atoms with Gasteiger partial charge in [-0.3, -0.25) is 9.69 Å². The zero-order valence-corrected chi connectivity index (χ0v) is 18.4. The largest absolute Gasteiger partial charge is 0.418 e. The van der Waals surface area contributed by atoms with Crippen LogP contribution < -0.4 is 10.2 Å². The lowest BCUT2D eigenvalue weighted by molar-refractivity contribution is -0.137. The fourth-order valence-corrected chi connectivity index (χ4v) is 3.55. The molecule has 0 aliphatic carbocycles. The Kier molecular flexibility index (Phi) is 7.06. The van der Waals surface area contributed by atoms with Gasteiger partial charge in [0.25, 0.3) is 0 Å². The second-order valence-corrected chi connectivity index (χ2v) is 8.32. The molecule has 1 N–H and O–H groups in total. The first-order valence-electron chi connectivity index (χ1n) is 10.0. The Morgan fingerprint density at radius 2 is 1.84 bits per heavy atom. The van der Waals surface area contributed by atoms with Gasteiger partial charge in [-0.15, -0.1) is 0 Å². The number of rotatable bonds is 5. The first-order chi connectivity index (χ1) is 14.5. The maximum Gasteiger partial charge on any atom is 0.418 e. The number of piperazine rings is 1. The zero-order valence-electron chi connectivity index (χ0n) is 17.6. The van der Waals surface area contributed by atoms with Crippen molar-refractivity contribution in [2.45, 2.75) is 32.9 Å². The van der Waals surface area contributed by atoms with Crippen LogP contribution in [0.1, 0.15) is 36.8 Å². The number of alkyl halides is 3. The molecule has 1 aromatic heterocycles. The van der Waals surface area contributed by atoms with Gasteiger partial charge in [0.2, 0.25) is 5.91 Å². The quantitative estimate of drug-likeness (QED) is 0.726. The van der Waals surface area contributed by atoms with Crippen molar-refractivity contribution >= 4 is 29.0 Å². The van der Waals surface area contributed by atoms with Crippen LogP contribution >= 0.6 is 11.6 Å². The van der Waals surface area contributed by atoms with Crippen LogP contribution in [0.5, 0.6) is 0 Å². The lowest BCUT2D eigenvalue weighted by Gasteiger charge is -2.35. The molecule has 6 nitrogen and oxygen atoms in total. The van der Waals surface area contributed by atoms with Crippen LogP contribution in [-0.2, 0) is 11.0 Å². The third-order valence-electron chi connectivity index (χ3n) is 5.00. The molecular formula is C21H25ClF3N5O. The number of amides is 1. The van der Waals surface area contributed by atoms with Crippen molar-refractivity contribution in [3.63, 3.8) is 0 Å². The number of nitrogens with one attached hydrogen (secondary N) is 1. The van der Waals surface area contributed by atoms with E-state index in [0.717, 1.165) is 23.4 Å². The summed E-state index contributed by atoms with van der Waals surface area (Å²) < 4.78 is 39.6. The van der Waals surface area contributed by atoms with Gasteiger partial charge < -0.3 is 10.2 Å². The van der Waals surface area contributed by atoms with Gasteiger partial charge in [-0.05, 0) is 25.1 Å². The second kappa shape index (κ2) is 9.40. The van der Waals surface area contributed by atoms with E-state index in [1.54, 1.807) is 0 Å². The van der Waals surface area contributed by atoms with Crippen molar-refractivity contribution in [1.29, 1.82) is 0 Å². The van der Waals surface area contributed by atoms with E-state index in [4.69, 9.17) is 11.6 Å². The minimum atomic E-state index is -4.61. The average molecular weight is 456 g/mol. The van der Waals surface area contributed by atoms with E-state index in [0.29, 0.717) is 26.2 Å². The molecular weight excluding hydrogens is 431 g/mol. The van der Waals surface area contributed by atoms with Crippen LogP contribution in [0, 0.1) is 6.92 Å². The molecule has 3 rings (SSSR count). The van der Waals surface area contributed by atoms with E-state index in [-0.39, 0.29) is 23.2 Å². The number of anilines is 2. The average Bonchev–Trinajstić information content (AvgIpc) is 2.68. The summed E-state index contributed by atoms with van der Waals surface area (Å²) >= 11 is 5.68. The Hall–Kier alpha value is -2.39. The van der Waals surface area contributed by atoms with E-state index >= 15 is 0 Å². The molecule has 1 fully saturated rings. The van der Waals surface area contributed by atoms with Crippen LogP contribution in [0.25, 0.3) is 0 Å². The van der Waals surface area contributed by atoms with E-state index in [1.165, 1.54) is 12.1 Å². The molecule has 2 aromatic rings. The van der Waals surface area contributed by atoms with Crippen molar-refractivity contribution < 1.29 is 18.0 Å². The standard InChI is InChI=1S/C21H25ClF3N5O/c1-13(2)20-26-14(3)10-18(28-20)30-8-6-29(7-9-30)12-19(31)27-17-5-4-15(22)11-16(17)21(23,24)25/h4-5,10-11,13H,6-9,12H2,1-3H3,(H,27,31). The minimum Gasteiger partial charge on any atom is -0.354 e. The van der Waals surface area contributed by atoms with Crippen LogP contribution in [-0.4, -0.2) is 53.5 Å². The number of halogens is 4. The van der Waals surface area contributed by atoms with Crippen molar-refractivity contribution in [3.8, 4) is 0 Å². The van der Waals surface area contributed by atoms with Gasteiger partial charge in [-0.1, -0.05) is 25.4 Å². The molecule has 0 spiro atoms. The highest BCUT2D eigenvalue weighted by molar-refractivity contribution is 6.30. The lowest BCUT2D eigenvalue weighted by Crippen LogP contribution is -2.49. The highest BCUT2D eigenvalue weighted by Crippen LogP contribution is 2.36. The summed E-state index contributed by atoms with van der Waals surface area (Å²) in [6.45, 7) is 8.55. The van der Waals surface area contributed by atoms with Gasteiger partial charge in [-0.25, -0.2) is 9.97 Å². The highest BCUT2D eigenvalue weighted by atomic mass is 35.5. The van der Waals surface area contributed by atoms with E-state index in [9.17, 15) is 18.0 Å². The van der Waals surface area contributed by atoms with Gasteiger partial charge in [-0.2, -0.15) is 13.2 Å². The van der Waals surface area contributed by atoms with E-state index in [2.05, 4.69) is 20.2 Å². The second-order valence-electron chi connectivity index (χ2n) is 7.88. The molecule has 0 radical (unpaired) electrons. The molecule has 1 aliphatic heterocycles. The molecule has 0 saturated carbocycles. The monoisotopic (exact) mass is 455 g/mol. The zero-order chi connectivity index (χ0) is 22.8. The van der Waals surface area contributed by atoms with Gasteiger partial charge in [0.05, 0.1) is 17.8 Å². The Labute approximate surface area is 184 Å². The molecule has 0 bridgehead atoms. The summed E-state index contributed by atoms with van der Waals surface area (Å²) in [5.74, 6) is 1.37. The number of hydrogen-bond donors (Lipinski definition) is 1. The van der Waals surface area contributed by atoms with Gasteiger partial charge >= 0.3 is 6.18 Å². The number of nitrogens with zero attached hydrogens (tertiary/aromatic N) is 4. The molecule has 0 unspecified atom stereocenters. The summed E-state index contributed by atoms with van der Waals surface area (Å²) in [5, 5.41) is 2.33. The number of aromatic nitrogens is 2. The first-order valence-corrected chi connectivity index (χ1v) is 10.4. The van der Waals surface area contributed by atoms with Crippen LogP contribution in [0.4, 0.5) is 24.7 Å². The van der Waals surface area contributed by atoms with E-state index < -0.39 is 17.6 Å². The SMILES string of the molecule is Cc1cc(N2CCN(CC(=O)Nc3ccc(Cl)cc3C(F)(F)F)CC2)nc(C(C)C)n1. The molecule has 31 heavy (non-hydrogen) atoms. The van der Waals surface area contributed by atoms with Crippen LogP contribution in [0.15, 0.2) is 24.3 Å². The molecule has 0 atom stereocenters. The maximum atomic E-state index is 13.2. The van der Waals surface area contributed by atoms with Gasteiger partial charge in [0, 0.05) is 48.9 Å². The van der Waals surface area contributed by atoms with Crippen molar-refractivity contribution in [2.24, 2.45) is 0 Å². The topological polar surface area (TPSA) is 61.4 Å². The molecule has 1 amide bonds. The summed E-state index contributed by atoms with van der Waals surface area (Å²) in [4.78, 5) is 25.5. The number of carbonyl (C=O) groups excluding carboxylic acids is 1. The van der Waals surface area contributed by atoms with Gasteiger partial charge in [0.1, 0.15) is 11.6 Å². The third kappa shape index (κ3) is 6.07. The molecule has 1 aliphatic rings. The summed E-state index contributed by atoms with van der Waals surface area (Å²) in [7, 11) is 0. The molecule has 2 heterocycles. The number of carbonyl (C=O) groups is 1. The minimum absolute atomic E-state index is 0.00775. The number of benzene rings is 1. The summed E-state index contributed by atoms with van der Waals surface area (Å²) in [5.41, 5.74) is -0.351. The van der Waals surface area contributed by atoms with Crippen LogP contribution in [0.3, 0.4) is 0 Å². The summed E-state index contributed by atoms with van der Waals surface area (Å²) in [6.07, 6.45) is -4.61. The Balaban J connectivity index is 1.59. The highest BCUT2D eigenvalue weighted by Gasteiger charge is 2.34. The maximum absolute atomic E-state index is 13.2. The Morgan fingerprint density at radius 3 is 2.45 bits per heavy atom. The fourth-order valence-electron chi connectivity index (χ4n) is 3.38.